The van der Waals surface area contributed by atoms with Crippen molar-refractivity contribution in [3.8, 4) is 0 Å². The molecule has 5 nitrogen and oxygen atoms in total. The van der Waals surface area contributed by atoms with E-state index in [2.05, 4.69) is 20.7 Å². The molecule has 19 heavy (non-hydrogen) atoms. The first kappa shape index (κ1) is 16.1. The lowest BCUT2D eigenvalue weighted by Crippen LogP contribution is -2.40. The van der Waals surface area contributed by atoms with E-state index in [0.717, 1.165) is 10.0 Å². The number of hydrogen-bond acceptors (Lipinski definition) is 3. The predicted octanol–water partition coefficient (Wildman–Crippen LogP) is 2.29. The van der Waals surface area contributed by atoms with Crippen LogP contribution < -0.4 is 4.72 Å². The maximum atomic E-state index is 12.1. The number of aliphatic carboxylic acids is 1. The van der Waals surface area contributed by atoms with Gasteiger partial charge in [0.15, 0.2) is 0 Å². The van der Waals surface area contributed by atoms with E-state index in [9.17, 15) is 13.2 Å². The zero-order chi connectivity index (χ0) is 14.6. The molecular formula is C12H16BrNO4S. The van der Waals surface area contributed by atoms with Gasteiger partial charge in [-0.2, -0.15) is 4.72 Å². The Morgan fingerprint density at radius 3 is 2.58 bits per heavy atom. The third kappa shape index (κ3) is 4.29. The molecule has 0 aliphatic carbocycles. The Bertz CT molecular complexity index is 571. The minimum atomic E-state index is -3.82. The Balaban J connectivity index is 3.03. The van der Waals surface area contributed by atoms with E-state index in [0.29, 0.717) is 6.42 Å². The molecule has 0 bridgehead atoms. The van der Waals surface area contributed by atoms with Crippen LogP contribution >= 0.6 is 15.9 Å². The fourth-order valence-corrected chi connectivity index (χ4v) is 3.12. The molecule has 1 atom stereocenters. The lowest BCUT2D eigenvalue weighted by molar-refractivity contribution is -0.139. The monoisotopic (exact) mass is 349 g/mol. The predicted molar refractivity (Wildman–Crippen MR) is 75.5 cm³/mol. The summed E-state index contributed by atoms with van der Waals surface area (Å²) in [5.41, 5.74) is 0.769. The van der Waals surface area contributed by atoms with E-state index < -0.39 is 22.0 Å². The first-order chi connectivity index (χ1) is 8.77. The van der Waals surface area contributed by atoms with Crippen LogP contribution in [0.1, 0.15) is 25.3 Å². The van der Waals surface area contributed by atoms with E-state index >= 15 is 0 Å². The quantitative estimate of drug-likeness (QED) is 0.825. The number of carbonyl (C=O) groups is 1. The van der Waals surface area contributed by atoms with E-state index in [1.165, 1.54) is 12.1 Å². The zero-order valence-corrected chi connectivity index (χ0v) is 13.1. The van der Waals surface area contributed by atoms with Crippen molar-refractivity contribution in [3.05, 3.63) is 28.2 Å². The Hall–Kier alpha value is -0.920. The average Bonchev–Trinajstić information content (AvgIpc) is 2.31. The highest BCUT2D eigenvalue weighted by molar-refractivity contribution is 9.10. The number of nitrogens with one attached hydrogen (secondary N) is 1. The van der Waals surface area contributed by atoms with Crippen LogP contribution in [0, 0.1) is 6.92 Å². The maximum absolute atomic E-state index is 12.1. The standard InChI is InChI=1S/C12H16BrNO4S/c1-3-4-11(12(15)16)14-19(17,18)9-5-6-10(13)8(2)7-9/h5-7,11,14H,3-4H2,1-2H3,(H,15,16)/t11-/m0/s1. The normalized spacial score (nSPS) is 13.2. The molecule has 0 spiro atoms. The number of benzene rings is 1. The molecule has 1 aromatic rings. The summed E-state index contributed by atoms with van der Waals surface area (Å²) in [7, 11) is -3.82. The molecule has 0 aliphatic rings. The number of carboxylic acid groups (broad SMARTS) is 1. The number of carboxylic acids is 1. The van der Waals surface area contributed by atoms with Gasteiger partial charge in [-0.1, -0.05) is 29.3 Å². The fraction of sp³-hybridized carbons (Fsp3) is 0.417. The van der Waals surface area contributed by atoms with Crippen LogP contribution in [0.15, 0.2) is 27.6 Å². The van der Waals surface area contributed by atoms with Crippen LogP contribution in [0.5, 0.6) is 0 Å². The molecule has 0 heterocycles. The van der Waals surface area contributed by atoms with E-state index in [4.69, 9.17) is 5.11 Å². The van der Waals surface area contributed by atoms with Gasteiger partial charge in [-0.25, -0.2) is 8.42 Å². The van der Waals surface area contributed by atoms with Crippen molar-refractivity contribution < 1.29 is 18.3 Å². The van der Waals surface area contributed by atoms with Crippen molar-refractivity contribution in [2.24, 2.45) is 0 Å². The summed E-state index contributed by atoms with van der Waals surface area (Å²) in [5.74, 6) is -1.17. The van der Waals surface area contributed by atoms with Crippen LogP contribution in [0.3, 0.4) is 0 Å². The summed E-state index contributed by atoms with van der Waals surface area (Å²) in [6, 6.07) is 3.46. The van der Waals surface area contributed by atoms with E-state index in [1.54, 1.807) is 19.9 Å². The molecule has 0 amide bonds. The fourth-order valence-electron chi connectivity index (χ4n) is 1.56. The van der Waals surface area contributed by atoms with Crippen molar-refractivity contribution in [2.45, 2.75) is 37.6 Å². The molecule has 1 rings (SSSR count). The van der Waals surface area contributed by atoms with Gasteiger partial charge in [-0.05, 0) is 37.1 Å². The zero-order valence-electron chi connectivity index (χ0n) is 10.7. The smallest absolute Gasteiger partial charge is 0.321 e. The van der Waals surface area contributed by atoms with E-state index in [1.807, 2.05) is 0 Å². The molecule has 0 aromatic heterocycles. The highest BCUT2D eigenvalue weighted by Crippen LogP contribution is 2.20. The molecule has 0 saturated carbocycles. The van der Waals surface area contributed by atoms with Crippen LogP contribution in [0.2, 0.25) is 0 Å². The number of halogens is 1. The molecule has 7 heteroatoms. The Labute approximate surface area is 121 Å². The molecule has 0 saturated heterocycles. The largest absolute Gasteiger partial charge is 0.480 e. The first-order valence-corrected chi connectivity index (χ1v) is 8.07. The molecule has 0 fully saturated rings. The van der Waals surface area contributed by atoms with Gasteiger partial charge in [0.25, 0.3) is 0 Å². The second kappa shape index (κ2) is 6.49. The lowest BCUT2D eigenvalue weighted by Gasteiger charge is -2.14. The van der Waals surface area contributed by atoms with Crippen LogP contribution in [0.4, 0.5) is 0 Å². The van der Waals surface area contributed by atoms with Crippen molar-refractivity contribution in [2.75, 3.05) is 0 Å². The third-order valence-corrected chi connectivity index (χ3v) is 4.97. The first-order valence-electron chi connectivity index (χ1n) is 5.79. The van der Waals surface area contributed by atoms with Crippen LogP contribution in [-0.2, 0) is 14.8 Å². The number of rotatable bonds is 6. The molecule has 0 unspecified atom stereocenters. The van der Waals surface area contributed by atoms with Gasteiger partial charge in [0.1, 0.15) is 6.04 Å². The minimum Gasteiger partial charge on any atom is -0.480 e. The Kier molecular flexibility index (Phi) is 5.51. The lowest BCUT2D eigenvalue weighted by atomic mass is 10.2. The third-order valence-electron chi connectivity index (χ3n) is 2.61. The highest BCUT2D eigenvalue weighted by atomic mass is 79.9. The summed E-state index contributed by atoms with van der Waals surface area (Å²) in [6.07, 6.45) is 0.836. The van der Waals surface area contributed by atoms with Gasteiger partial charge >= 0.3 is 5.97 Å². The number of sulfonamides is 1. The molecule has 106 valence electrons. The molecule has 0 aliphatic heterocycles. The van der Waals surface area contributed by atoms with Gasteiger partial charge in [-0.3, -0.25) is 4.79 Å². The van der Waals surface area contributed by atoms with Gasteiger partial charge in [0.05, 0.1) is 4.90 Å². The summed E-state index contributed by atoms with van der Waals surface area (Å²) < 4.78 is 27.2. The SMILES string of the molecule is CCC[C@H](NS(=O)(=O)c1ccc(Br)c(C)c1)C(=O)O. The molecular weight excluding hydrogens is 334 g/mol. The van der Waals surface area contributed by atoms with Crippen molar-refractivity contribution in [1.29, 1.82) is 0 Å². The number of aryl methyl sites for hydroxylation is 1. The Morgan fingerprint density at radius 1 is 1.47 bits per heavy atom. The Morgan fingerprint density at radius 2 is 2.11 bits per heavy atom. The van der Waals surface area contributed by atoms with Crippen LogP contribution in [-0.4, -0.2) is 25.5 Å². The van der Waals surface area contributed by atoms with Gasteiger partial charge < -0.3 is 5.11 Å². The summed E-state index contributed by atoms with van der Waals surface area (Å²) in [6.45, 7) is 3.57. The molecule has 2 N–H and O–H groups in total. The van der Waals surface area contributed by atoms with E-state index in [-0.39, 0.29) is 11.3 Å². The summed E-state index contributed by atoms with van der Waals surface area (Å²) in [5, 5.41) is 8.98. The second-order valence-corrected chi connectivity index (χ2v) is 6.78. The molecule has 0 radical (unpaired) electrons. The maximum Gasteiger partial charge on any atom is 0.321 e. The summed E-state index contributed by atoms with van der Waals surface area (Å²) in [4.78, 5) is 11.1. The second-order valence-electron chi connectivity index (χ2n) is 4.21. The van der Waals surface area contributed by atoms with Gasteiger partial charge in [-0.15, -0.1) is 0 Å². The highest BCUT2D eigenvalue weighted by Gasteiger charge is 2.24. The molecule has 1 aromatic carbocycles. The minimum absolute atomic E-state index is 0.0653. The van der Waals surface area contributed by atoms with Gasteiger partial charge in [0, 0.05) is 4.47 Å². The van der Waals surface area contributed by atoms with Crippen molar-refractivity contribution >= 4 is 31.9 Å². The van der Waals surface area contributed by atoms with Crippen LogP contribution in [0.25, 0.3) is 0 Å². The van der Waals surface area contributed by atoms with Gasteiger partial charge in [0.2, 0.25) is 10.0 Å². The topological polar surface area (TPSA) is 83.5 Å². The van der Waals surface area contributed by atoms with Crippen molar-refractivity contribution in [3.63, 3.8) is 0 Å². The van der Waals surface area contributed by atoms with Crippen molar-refractivity contribution in [1.82, 2.24) is 4.72 Å². The number of hydrogen-bond donors (Lipinski definition) is 2. The summed E-state index contributed by atoms with van der Waals surface area (Å²) >= 11 is 3.29. The average molecular weight is 350 g/mol.